The number of benzene rings is 5. The second-order valence-electron chi connectivity index (χ2n) is 12.9. The summed E-state index contributed by atoms with van der Waals surface area (Å²) < 4.78 is 5.66. The summed E-state index contributed by atoms with van der Waals surface area (Å²) in [5.74, 6) is -3.69. The molecule has 1 saturated heterocycles. The van der Waals surface area contributed by atoms with Crippen LogP contribution in [0.2, 0.25) is 10.0 Å². The highest BCUT2D eigenvalue weighted by molar-refractivity contribution is 6.39. The number of hydrogen-bond donors (Lipinski definition) is 0. The number of ether oxygens (including phenoxy) is 1. The first-order chi connectivity index (χ1) is 24.2. The maximum atomic E-state index is 16.1. The molecule has 246 valence electrons. The van der Waals surface area contributed by atoms with Gasteiger partial charge in [0.1, 0.15) is 5.75 Å². The van der Waals surface area contributed by atoms with Crippen molar-refractivity contribution in [3.63, 3.8) is 0 Å². The van der Waals surface area contributed by atoms with Crippen LogP contribution in [0.15, 0.2) is 127 Å². The summed E-state index contributed by atoms with van der Waals surface area (Å²) >= 11 is 12.9. The molecule has 50 heavy (non-hydrogen) atoms. The SMILES string of the molecule is COc1ccc(C(C)=O)cc1N1C(=O)[C@H]2[C@H](C1=O)[C@@]1(c3ccc(Cl)cc3)C(=O)[C@@]2(c2ccc(Cl)cc2)C(c2ccccc2)=C1c1ccccc1. The fraction of sp³-hybridized carbons (Fsp3) is 0.143. The van der Waals surface area contributed by atoms with Crippen molar-refractivity contribution in [3.8, 4) is 5.75 Å². The number of ketones is 2. The van der Waals surface area contributed by atoms with Gasteiger partial charge in [0.25, 0.3) is 0 Å². The lowest BCUT2D eigenvalue weighted by atomic mass is 9.59. The molecule has 1 aliphatic heterocycles. The Balaban J connectivity index is 1.54. The quantitative estimate of drug-likeness (QED) is 0.126. The first kappa shape index (κ1) is 31.9. The van der Waals surface area contributed by atoms with Crippen molar-refractivity contribution in [2.24, 2.45) is 11.8 Å². The molecular weight excluding hydrogens is 669 g/mol. The van der Waals surface area contributed by atoms with Crippen molar-refractivity contribution >= 4 is 63.4 Å². The third-order valence-electron chi connectivity index (χ3n) is 10.5. The Kier molecular flexibility index (Phi) is 7.44. The van der Waals surface area contributed by atoms with Crippen molar-refractivity contribution in [3.05, 3.63) is 165 Å². The van der Waals surface area contributed by atoms with Gasteiger partial charge in [-0.2, -0.15) is 0 Å². The number of fused-ring (bicyclic) bond motifs is 5. The van der Waals surface area contributed by atoms with Gasteiger partial charge in [0.15, 0.2) is 11.6 Å². The van der Waals surface area contributed by atoms with Gasteiger partial charge in [0.05, 0.1) is 35.5 Å². The van der Waals surface area contributed by atoms with Gasteiger partial charge in [-0.15, -0.1) is 0 Å². The summed E-state index contributed by atoms with van der Waals surface area (Å²) in [4.78, 5) is 60.4. The summed E-state index contributed by atoms with van der Waals surface area (Å²) in [6, 6.07) is 37.8. The highest BCUT2D eigenvalue weighted by Gasteiger charge is 2.83. The molecular formula is C42H29Cl2NO5. The minimum atomic E-state index is -1.62. The fourth-order valence-corrected chi connectivity index (χ4v) is 8.93. The molecule has 8 heteroatoms. The van der Waals surface area contributed by atoms with Crippen molar-refractivity contribution in [2.75, 3.05) is 12.0 Å². The number of hydrogen-bond acceptors (Lipinski definition) is 5. The Labute approximate surface area is 298 Å². The highest BCUT2D eigenvalue weighted by Crippen LogP contribution is 2.74. The largest absolute Gasteiger partial charge is 0.495 e. The second kappa shape index (κ2) is 11.7. The number of amides is 2. The molecule has 2 fully saturated rings. The number of carbonyl (C=O) groups is 4. The molecule has 0 N–H and O–H groups in total. The van der Waals surface area contributed by atoms with Crippen LogP contribution in [0.4, 0.5) is 5.69 Å². The molecule has 8 rings (SSSR count). The first-order valence-corrected chi connectivity index (χ1v) is 16.9. The molecule has 0 unspecified atom stereocenters. The van der Waals surface area contributed by atoms with E-state index in [1.165, 1.54) is 20.1 Å². The minimum Gasteiger partial charge on any atom is -0.495 e. The molecule has 0 spiro atoms. The van der Waals surface area contributed by atoms with Crippen LogP contribution in [-0.4, -0.2) is 30.5 Å². The van der Waals surface area contributed by atoms with Crippen molar-refractivity contribution in [1.82, 2.24) is 0 Å². The third kappa shape index (κ3) is 4.15. The number of halogens is 2. The predicted molar refractivity (Wildman–Crippen MR) is 193 cm³/mol. The van der Waals surface area contributed by atoms with E-state index in [1.807, 2.05) is 60.7 Å². The molecule has 5 aromatic rings. The van der Waals surface area contributed by atoms with E-state index in [-0.39, 0.29) is 23.0 Å². The summed E-state index contributed by atoms with van der Waals surface area (Å²) in [6.45, 7) is 1.42. The Hall–Kier alpha value is -5.30. The molecule has 6 nitrogen and oxygen atoms in total. The van der Waals surface area contributed by atoms with Crippen LogP contribution in [0, 0.1) is 11.8 Å². The van der Waals surface area contributed by atoms with Gasteiger partial charge in [-0.25, -0.2) is 4.90 Å². The number of methoxy groups -OCH3 is 1. The highest BCUT2D eigenvalue weighted by atomic mass is 35.5. The average molecular weight is 699 g/mol. The summed E-state index contributed by atoms with van der Waals surface area (Å²) in [5, 5.41) is 0.924. The number of imide groups is 1. The second-order valence-corrected chi connectivity index (χ2v) is 13.7. The third-order valence-corrected chi connectivity index (χ3v) is 11.0. The summed E-state index contributed by atoms with van der Waals surface area (Å²) in [5.41, 5.74) is 1.13. The molecule has 2 aliphatic carbocycles. The molecule has 3 aliphatic rings. The minimum absolute atomic E-state index is 0.150. The van der Waals surface area contributed by atoms with E-state index in [1.54, 1.807) is 60.7 Å². The molecule has 0 aromatic heterocycles. The molecule has 2 bridgehead atoms. The average Bonchev–Trinajstić information content (AvgIpc) is 3.64. The lowest BCUT2D eigenvalue weighted by molar-refractivity contribution is -0.130. The molecule has 0 radical (unpaired) electrons. The van der Waals surface area contributed by atoms with E-state index in [4.69, 9.17) is 27.9 Å². The lowest BCUT2D eigenvalue weighted by Crippen LogP contribution is -2.45. The van der Waals surface area contributed by atoms with Gasteiger partial charge in [0.2, 0.25) is 11.8 Å². The number of Topliss-reactive ketones (excluding diaryl/α,β-unsaturated/α-hetero) is 2. The molecule has 4 atom stereocenters. The monoisotopic (exact) mass is 697 g/mol. The van der Waals surface area contributed by atoms with E-state index in [0.717, 1.165) is 16.0 Å². The Morgan fingerprint density at radius 2 is 1.08 bits per heavy atom. The van der Waals surface area contributed by atoms with E-state index in [2.05, 4.69) is 0 Å². The molecule has 1 saturated carbocycles. The van der Waals surface area contributed by atoms with Crippen molar-refractivity contribution in [1.29, 1.82) is 0 Å². The molecule has 2 amide bonds. The Morgan fingerprint density at radius 1 is 0.640 bits per heavy atom. The zero-order chi connectivity index (χ0) is 34.9. The number of rotatable bonds is 7. The van der Waals surface area contributed by atoms with Crippen molar-refractivity contribution in [2.45, 2.75) is 17.8 Å². The first-order valence-electron chi connectivity index (χ1n) is 16.2. The van der Waals surface area contributed by atoms with Gasteiger partial charge in [-0.3, -0.25) is 19.2 Å². The predicted octanol–water partition coefficient (Wildman–Crippen LogP) is 8.39. The van der Waals surface area contributed by atoms with E-state index >= 15 is 14.4 Å². The zero-order valence-corrected chi connectivity index (χ0v) is 28.5. The van der Waals surface area contributed by atoms with Gasteiger partial charge in [-0.05, 0) is 82.8 Å². The Morgan fingerprint density at radius 3 is 1.48 bits per heavy atom. The van der Waals surface area contributed by atoms with E-state index in [0.29, 0.717) is 37.9 Å². The standard InChI is InChI=1S/C42H29Cl2NO5/c1-24(46)27-13-22-33(50-2)32(23-27)45-38(47)36-37(39(45)48)42(29-16-20-31(44)21-17-29)35(26-11-7-4-8-12-26)34(25-9-5-3-6-10-25)41(36,40(42)49)28-14-18-30(43)19-15-28/h3-23,36-37H,1-2H3/t36-,37-,41+,42+/m1/s1. The number of allylic oxidation sites excluding steroid dienone is 2. The van der Waals surface area contributed by atoms with Crippen LogP contribution in [0.5, 0.6) is 5.75 Å². The smallest absolute Gasteiger partial charge is 0.239 e. The normalized spacial score (nSPS) is 23.8. The Bertz CT molecular complexity index is 2140. The topological polar surface area (TPSA) is 80.8 Å². The van der Waals surface area contributed by atoms with Crippen LogP contribution < -0.4 is 9.64 Å². The number of anilines is 1. The molecule has 5 aromatic carbocycles. The number of carbonyl (C=O) groups excluding carboxylic acids is 4. The van der Waals surface area contributed by atoms with Gasteiger partial charge < -0.3 is 4.74 Å². The summed E-state index contributed by atoms with van der Waals surface area (Å²) in [6.07, 6.45) is 0. The lowest BCUT2D eigenvalue weighted by Gasteiger charge is -2.39. The maximum Gasteiger partial charge on any atom is 0.239 e. The van der Waals surface area contributed by atoms with Gasteiger partial charge in [0, 0.05) is 15.6 Å². The van der Waals surface area contributed by atoms with Crippen LogP contribution in [0.1, 0.15) is 39.5 Å². The van der Waals surface area contributed by atoms with E-state index < -0.39 is 34.5 Å². The van der Waals surface area contributed by atoms with E-state index in [9.17, 15) is 4.79 Å². The molecule has 1 heterocycles. The van der Waals surface area contributed by atoms with Crippen LogP contribution in [0.25, 0.3) is 11.1 Å². The summed E-state index contributed by atoms with van der Waals surface area (Å²) in [7, 11) is 1.44. The maximum absolute atomic E-state index is 16.1. The number of nitrogens with zero attached hydrogens (tertiary/aromatic N) is 1. The van der Waals surface area contributed by atoms with Gasteiger partial charge in [-0.1, -0.05) is 108 Å². The van der Waals surface area contributed by atoms with Crippen molar-refractivity contribution < 1.29 is 23.9 Å². The zero-order valence-electron chi connectivity index (χ0n) is 27.0. The van der Waals surface area contributed by atoms with Crippen LogP contribution >= 0.6 is 23.2 Å². The van der Waals surface area contributed by atoms with Crippen LogP contribution in [0.3, 0.4) is 0 Å². The van der Waals surface area contributed by atoms with Crippen LogP contribution in [-0.2, 0) is 25.2 Å². The van der Waals surface area contributed by atoms with Gasteiger partial charge >= 0.3 is 0 Å². The fourth-order valence-electron chi connectivity index (χ4n) is 8.68.